The number of methoxy groups -OCH3 is 1. The zero-order valence-electron chi connectivity index (χ0n) is 20.3. The van der Waals surface area contributed by atoms with Gasteiger partial charge in [-0.25, -0.2) is 9.37 Å². The van der Waals surface area contributed by atoms with Gasteiger partial charge in [-0.15, -0.1) is 11.3 Å². The number of nitrogens with one attached hydrogen (secondary N) is 1. The van der Waals surface area contributed by atoms with Gasteiger partial charge in [0.05, 0.1) is 12.1 Å². The third-order valence-corrected chi connectivity index (χ3v) is 7.63. The van der Waals surface area contributed by atoms with Crippen molar-refractivity contribution in [3.8, 4) is 5.75 Å². The highest BCUT2D eigenvalue weighted by atomic mass is 35.5. The predicted octanol–water partition coefficient (Wildman–Crippen LogP) is 5.24. The van der Waals surface area contributed by atoms with E-state index in [-0.39, 0.29) is 42.9 Å². The van der Waals surface area contributed by atoms with Crippen molar-refractivity contribution in [2.75, 3.05) is 20.2 Å². The van der Waals surface area contributed by atoms with Crippen LogP contribution in [0.5, 0.6) is 5.75 Å². The highest BCUT2D eigenvalue weighted by Crippen LogP contribution is 2.30. The van der Waals surface area contributed by atoms with E-state index in [9.17, 15) is 18.8 Å². The van der Waals surface area contributed by atoms with Crippen LogP contribution in [-0.4, -0.2) is 47.7 Å². The maximum Gasteiger partial charge on any atom is 0.271 e. The number of likely N-dealkylation sites (tertiary alicyclic amines) is 1. The first kappa shape index (κ1) is 26.8. The zero-order chi connectivity index (χ0) is 26.4. The molecule has 1 saturated heterocycles. The van der Waals surface area contributed by atoms with Crippen LogP contribution in [0.3, 0.4) is 0 Å². The largest absolute Gasteiger partial charge is 0.497 e. The van der Waals surface area contributed by atoms with E-state index in [0.717, 1.165) is 17.8 Å². The smallest absolute Gasteiger partial charge is 0.271 e. The minimum absolute atomic E-state index is 0.0334. The molecule has 7 nitrogen and oxygen atoms in total. The average Bonchev–Trinajstić information content (AvgIpc) is 3.41. The number of rotatable bonds is 9. The number of Topliss-reactive ketones (excluding diaryl/α,β-unsaturated/α-hetero) is 1. The number of thiazole rings is 1. The Morgan fingerprint density at radius 1 is 1.14 bits per heavy atom. The molecule has 4 rings (SSSR count). The Kier molecular flexibility index (Phi) is 8.89. The van der Waals surface area contributed by atoms with Gasteiger partial charge >= 0.3 is 0 Å². The first-order valence-electron chi connectivity index (χ1n) is 12.0. The summed E-state index contributed by atoms with van der Waals surface area (Å²) in [5.74, 6) is -0.113. The van der Waals surface area contributed by atoms with Crippen LogP contribution in [0.1, 0.15) is 63.0 Å². The second-order valence-corrected chi connectivity index (χ2v) is 10.1. The topological polar surface area (TPSA) is 88.6 Å². The van der Waals surface area contributed by atoms with Crippen molar-refractivity contribution in [3.05, 3.63) is 80.5 Å². The molecule has 1 aliphatic heterocycles. The molecular formula is C27H27ClFN3O4S. The summed E-state index contributed by atoms with van der Waals surface area (Å²) in [5.41, 5.74) is 1.20. The Labute approximate surface area is 223 Å². The maximum atomic E-state index is 13.9. The third kappa shape index (κ3) is 6.93. The number of nitrogens with zero attached hydrogens (tertiary/aromatic N) is 2. The summed E-state index contributed by atoms with van der Waals surface area (Å²) >= 11 is 7.18. The van der Waals surface area contributed by atoms with Crippen molar-refractivity contribution in [1.82, 2.24) is 15.2 Å². The van der Waals surface area contributed by atoms with Crippen LogP contribution in [0.15, 0.2) is 47.8 Å². The fourth-order valence-corrected chi connectivity index (χ4v) is 5.32. The number of ketones is 1. The van der Waals surface area contributed by atoms with Crippen LogP contribution in [0, 0.1) is 5.82 Å². The standard InChI is InChI=1S/C27H27ClFN3O4S/c1-36-21-6-3-17(4-7-21)24(33)8-9-25(34)32-12-10-18(11-13-32)27-31-23(16-37-27)26(35)30-15-19-2-5-20(28)14-22(19)29/h2-7,14,16,18H,8-13,15H2,1H3,(H,30,35). The number of hydrogen-bond acceptors (Lipinski definition) is 6. The molecule has 0 unspecified atom stereocenters. The molecule has 2 heterocycles. The van der Waals surface area contributed by atoms with Gasteiger partial charge in [0.1, 0.15) is 17.3 Å². The molecule has 3 aromatic rings. The van der Waals surface area contributed by atoms with Gasteiger partial charge in [-0.05, 0) is 49.2 Å². The lowest BCUT2D eigenvalue weighted by Gasteiger charge is -2.31. The molecule has 0 aliphatic carbocycles. The van der Waals surface area contributed by atoms with E-state index in [1.54, 1.807) is 47.7 Å². The fourth-order valence-electron chi connectivity index (χ4n) is 4.19. The maximum absolute atomic E-state index is 13.9. The molecule has 0 saturated carbocycles. The van der Waals surface area contributed by atoms with Gasteiger partial charge in [0.25, 0.3) is 5.91 Å². The summed E-state index contributed by atoms with van der Waals surface area (Å²) in [6.07, 6.45) is 1.81. The van der Waals surface area contributed by atoms with E-state index in [2.05, 4.69) is 10.3 Å². The number of piperidine rings is 1. The van der Waals surface area contributed by atoms with E-state index >= 15 is 0 Å². The molecule has 1 fully saturated rings. The number of benzene rings is 2. The lowest BCUT2D eigenvalue weighted by atomic mass is 9.97. The van der Waals surface area contributed by atoms with Gasteiger partial charge in [0.2, 0.25) is 5.91 Å². The number of hydrogen-bond donors (Lipinski definition) is 1. The van der Waals surface area contributed by atoms with Crippen molar-refractivity contribution >= 4 is 40.5 Å². The van der Waals surface area contributed by atoms with Crippen LogP contribution in [0.2, 0.25) is 5.02 Å². The molecule has 37 heavy (non-hydrogen) atoms. The summed E-state index contributed by atoms with van der Waals surface area (Å²) in [6.45, 7) is 1.20. The molecule has 10 heteroatoms. The molecule has 0 radical (unpaired) electrons. The Morgan fingerprint density at radius 2 is 1.86 bits per heavy atom. The molecule has 0 spiro atoms. The van der Waals surface area contributed by atoms with E-state index in [0.29, 0.717) is 40.7 Å². The Balaban J connectivity index is 1.22. The molecule has 0 bridgehead atoms. The lowest BCUT2D eigenvalue weighted by Crippen LogP contribution is -2.38. The van der Waals surface area contributed by atoms with Gasteiger partial charge < -0.3 is 15.0 Å². The van der Waals surface area contributed by atoms with Crippen molar-refractivity contribution in [3.63, 3.8) is 0 Å². The number of aromatic nitrogens is 1. The molecular weight excluding hydrogens is 517 g/mol. The molecule has 0 atom stereocenters. The van der Waals surface area contributed by atoms with E-state index < -0.39 is 5.82 Å². The van der Waals surface area contributed by atoms with Crippen LogP contribution in [0.4, 0.5) is 4.39 Å². The van der Waals surface area contributed by atoms with E-state index in [1.165, 1.54) is 23.5 Å². The van der Waals surface area contributed by atoms with E-state index in [1.807, 2.05) is 0 Å². The molecule has 194 valence electrons. The number of carbonyl (C=O) groups is 3. The van der Waals surface area contributed by atoms with Crippen LogP contribution >= 0.6 is 22.9 Å². The highest BCUT2D eigenvalue weighted by molar-refractivity contribution is 7.09. The monoisotopic (exact) mass is 543 g/mol. The van der Waals surface area contributed by atoms with Crippen LogP contribution in [0.25, 0.3) is 0 Å². The van der Waals surface area contributed by atoms with Gasteiger partial charge in [0.15, 0.2) is 5.78 Å². The summed E-state index contributed by atoms with van der Waals surface area (Å²) in [7, 11) is 1.57. The summed E-state index contributed by atoms with van der Waals surface area (Å²) in [5, 5.41) is 5.54. The minimum Gasteiger partial charge on any atom is -0.497 e. The SMILES string of the molecule is COc1ccc(C(=O)CCC(=O)N2CCC(c3nc(C(=O)NCc4ccc(Cl)cc4F)cs3)CC2)cc1. The first-order valence-corrected chi connectivity index (χ1v) is 13.2. The molecule has 2 amide bonds. The first-order chi connectivity index (χ1) is 17.8. The summed E-state index contributed by atoms with van der Waals surface area (Å²) < 4.78 is 19.0. The van der Waals surface area contributed by atoms with Gasteiger partial charge in [-0.2, -0.15) is 0 Å². The Hall–Kier alpha value is -3.30. The predicted molar refractivity (Wildman–Crippen MR) is 140 cm³/mol. The van der Waals surface area contributed by atoms with Gasteiger partial charge in [0, 0.05) is 59.9 Å². The van der Waals surface area contributed by atoms with Gasteiger partial charge in [-0.3, -0.25) is 14.4 Å². The quantitative estimate of drug-likeness (QED) is 0.373. The van der Waals surface area contributed by atoms with Crippen LogP contribution < -0.4 is 10.1 Å². The minimum atomic E-state index is -0.474. The van der Waals surface area contributed by atoms with Gasteiger partial charge in [-0.1, -0.05) is 17.7 Å². The number of carbonyl (C=O) groups excluding carboxylic acids is 3. The molecule has 1 aromatic heterocycles. The normalized spacial score (nSPS) is 13.9. The molecule has 1 aliphatic rings. The van der Waals surface area contributed by atoms with Crippen molar-refractivity contribution in [2.24, 2.45) is 0 Å². The summed E-state index contributed by atoms with van der Waals surface area (Å²) in [6, 6.07) is 11.2. The molecule has 2 aromatic carbocycles. The molecule has 1 N–H and O–H groups in total. The fraction of sp³-hybridized carbons (Fsp3) is 0.333. The number of halogens is 2. The number of ether oxygens (including phenoxy) is 1. The second kappa shape index (κ2) is 12.3. The zero-order valence-corrected chi connectivity index (χ0v) is 21.9. The Morgan fingerprint density at radius 3 is 2.54 bits per heavy atom. The van der Waals surface area contributed by atoms with Crippen LogP contribution in [-0.2, 0) is 11.3 Å². The van der Waals surface area contributed by atoms with Crippen molar-refractivity contribution in [1.29, 1.82) is 0 Å². The van der Waals surface area contributed by atoms with Crippen molar-refractivity contribution < 1.29 is 23.5 Å². The average molecular weight is 544 g/mol. The second-order valence-electron chi connectivity index (χ2n) is 8.80. The number of amides is 2. The summed E-state index contributed by atoms with van der Waals surface area (Å²) in [4.78, 5) is 43.8. The van der Waals surface area contributed by atoms with E-state index in [4.69, 9.17) is 16.3 Å². The Bertz CT molecular complexity index is 1270. The highest BCUT2D eigenvalue weighted by Gasteiger charge is 2.26. The lowest BCUT2D eigenvalue weighted by molar-refractivity contribution is -0.132. The third-order valence-electron chi connectivity index (χ3n) is 6.38. The van der Waals surface area contributed by atoms with Crippen molar-refractivity contribution in [2.45, 2.75) is 38.1 Å².